The van der Waals surface area contributed by atoms with E-state index in [0.29, 0.717) is 24.5 Å². The number of benzene rings is 2. The lowest BCUT2D eigenvalue weighted by Gasteiger charge is -2.39. The zero-order valence-electron chi connectivity index (χ0n) is 18.5. The molecule has 0 N–H and O–H groups in total. The van der Waals surface area contributed by atoms with Crippen LogP contribution in [0.1, 0.15) is 51.8 Å². The molecule has 1 aliphatic carbocycles. The Morgan fingerprint density at radius 3 is 2.72 bits per heavy atom. The number of carbonyl (C=O) groups excluding carboxylic acids is 1. The van der Waals surface area contributed by atoms with Gasteiger partial charge in [0.2, 0.25) is 0 Å². The molecule has 6 nitrogen and oxygen atoms in total. The van der Waals surface area contributed by atoms with Crippen LogP contribution in [0.3, 0.4) is 0 Å². The summed E-state index contributed by atoms with van der Waals surface area (Å²) < 4.78 is 11.3. The molecule has 0 spiro atoms. The standard InChI is InChI=1S/C26H29N3O3/c1-28-13-14-29(17-25(28)20-8-3-2-4-9-20)26(30)24-16-23(32-27-24)18-31-22-12-11-19-7-5-6-10-21(19)15-22/h2-4,8-9,11-12,15-16,25H,5-7,10,13-14,17-18H2,1H3. The van der Waals surface area contributed by atoms with Crippen LogP contribution in [0.15, 0.2) is 59.1 Å². The average Bonchev–Trinajstić information content (AvgIpc) is 3.32. The summed E-state index contributed by atoms with van der Waals surface area (Å²) in [6.07, 6.45) is 4.77. The van der Waals surface area contributed by atoms with Gasteiger partial charge in [-0.25, -0.2) is 0 Å². The Balaban J connectivity index is 1.22. The van der Waals surface area contributed by atoms with Crippen molar-refractivity contribution in [2.45, 2.75) is 38.3 Å². The molecule has 1 amide bonds. The molecule has 3 aromatic rings. The highest BCUT2D eigenvalue weighted by Gasteiger charge is 2.30. The van der Waals surface area contributed by atoms with Gasteiger partial charge in [0.25, 0.3) is 5.91 Å². The molecule has 1 saturated heterocycles. The fraction of sp³-hybridized carbons (Fsp3) is 0.385. The van der Waals surface area contributed by atoms with Gasteiger partial charge in [0, 0.05) is 25.7 Å². The third-order valence-corrected chi connectivity index (χ3v) is 6.60. The lowest BCUT2D eigenvalue weighted by Crippen LogP contribution is -2.49. The second-order valence-corrected chi connectivity index (χ2v) is 8.76. The third kappa shape index (κ3) is 4.41. The quantitative estimate of drug-likeness (QED) is 0.604. The van der Waals surface area contributed by atoms with E-state index in [1.165, 1.54) is 29.5 Å². The average molecular weight is 432 g/mol. The maximum atomic E-state index is 13.1. The lowest BCUT2D eigenvalue weighted by atomic mass is 9.92. The third-order valence-electron chi connectivity index (χ3n) is 6.60. The number of aromatic nitrogens is 1. The van der Waals surface area contributed by atoms with E-state index in [1.807, 2.05) is 29.2 Å². The van der Waals surface area contributed by atoms with Crippen LogP contribution in [0.4, 0.5) is 0 Å². The van der Waals surface area contributed by atoms with Gasteiger partial charge < -0.3 is 14.2 Å². The van der Waals surface area contributed by atoms with Crippen molar-refractivity contribution < 1.29 is 14.1 Å². The largest absolute Gasteiger partial charge is 0.486 e. The fourth-order valence-corrected chi connectivity index (χ4v) is 4.69. The molecular formula is C26H29N3O3. The van der Waals surface area contributed by atoms with Gasteiger partial charge in [-0.3, -0.25) is 9.69 Å². The fourth-order valence-electron chi connectivity index (χ4n) is 4.69. The van der Waals surface area contributed by atoms with E-state index in [2.05, 4.69) is 41.4 Å². The number of rotatable bonds is 5. The molecule has 2 heterocycles. The molecule has 1 aliphatic heterocycles. The number of piperazine rings is 1. The van der Waals surface area contributed by atoms with Crippen molar-refractivity contribution in [3.63, 3.8) is 0 Å². The van der Waals surface area contributed by atoms with Crippen LogP contribution in [0.2, 0.25) is 0 Å². The highest BCUT2D eigenvalue weighted by Crippen LogP contribution is 2.27. The lowest BCUT2D eigenvalue weighted by molar-refractivity contribution is 0.0536. The molecule has 1 unspecified atom stereocenters. The van der Waals surface area contributed by atoms with Gasteiger partial charge in [-0.15, -0.1) is 0 Å². The Bertz CT molecular complexity index is 1080. The first-order valence-electron chi connectivity index (χ1n) is 11.4. The summed E-state index contributed by atoms with van der Waals surface area (Å²) in [7, 11) is 2.10. The molecule has 0 saturated carbocycles. The summed E-state index contributed by atoms with van der Waals surface area (Å²) in [4.78, 5) is 17.2. The van der Waals surface area contributed by atoms with E-state index >= 15 is 0 Å². The second kappa shape index (κ2) is 9.17. The van der Waals surface area contributed by atoms with Crippen molar-refractivity contribution in [3.8, 4) is 5.75 Å². The molecule has 32 heavy (non-hydrogen) atoms. The van der Waals surface area contributed by atoms with Gasteiger partial charge in [-0.2, -0.15) is 0 Å². The zero-order valence-corrected chi connectivity index (χ0v) is 18.5. The molecule has 2 aromatic carbocycles. The molecule has 6 heteroatoms. The van der Waals surface area contributed by atoms with E-state index in [4.69, 9.17) is 9.26 Å². The first-order chi connectivity index (χ1) is 15.7. The van der Waals surface area contributed by atoms with Gasteiger partial charge in [0.15, 0.2) is 11.5 Å². The summed E-state index contributed by atoms with van der Waals surface area (Å²) in [6.45, 7) is 2.38. The van der Waals surface area contributed by atoms with Crippen molar-refractivity contribution in [3.05, 3.63) is 82.7 Å². The van der Waals surface area contributed by atoms with Crippen molar-refractivity contribution in [2.24, 2.45) is 0 Å². The number of likely N-dealkylation sites (N-methyl/N-ethyl adjacent to an activating group) is 1. The summed E-state index contributed by atoms with van der Waals surface area (Å²) >= 11 is 0. The minimum Gasteiger partial charge on any atom is -0.486 e. The van der Waals surface area contributed by atoms with Gasteiger partial charge >= 0.3 is 0 Å². The molecule has 166 valence electrons. The van der Waals surface area contributed by atoms with E-state index in [1.54, 1.807) is 6.07 Å². The Labute approximate surface area is 188 Å². The number of hydrogen-bond acceptors (Lipinski definition) is 5. The van der Waals surface area contributed by atoms with E-state index < -0.39 is 0 Å². The number of ether oxygens (including phenoxy) is 1. The smallest absolute Gasteiger partial charge is 0.276 e. The Morgan fingerprint density at radius 1 is 1.06 bits per heavy atom. The summed E-state index contributed by atoms with van der Waals surface area (Å²) in [5.41, 5.74) is 4.36. The van der Waals surface area contributed by atoms with Crippen molar-refractivity contribution >= 4 is 5.91 Å². The van der Waals surface area contributed by atoms with Crippen LogP contribution in [0.25, 0.3) is 0 Å². The molecule has 1 atom stereocenters. The number of hydrogen-bond donors (Lipinski definition) is 0. The predicted octanol–water partition coefficient (Wildman–Crippen LogP) is 4.26. The number of aryl methyl sites for hydroxylation is 2. The Kier molecular flexibility index (Phi) is 5.95. The van der Waals surface area contributed by atoms with Gasteiger partial charge in [0.05, 0.1) is 6.04 Å². The topological polar surface area (TPSA) is 58.8 Å². The van der Waals surface area contributed by atoms with E-state index in [9.17, 15) is 4.79 Å². The molecule has 0 radical (unpaired) electrons. The maximum absolute atomic E-state index is 13.1. The number of fused-ring (bicyclic) bond motifs is 1. The molecule has 2 aliphatic rings. The van der Waals surface area contributed by atoms with Gasteiger partial charge in [-0.05, 0) is 61.6 Å². The molecule has 1 aromatic heterocycles. The second-order valence-electron chi connectivity index (χ2n) is 8.76. The van der Waals surface area contributed by atoms with E-state index in [-0.39, 0.29) is 18.6 Å². The Morgan fingerprint density at radius 2 is 1.88 bits per heavy atom. The highest BCUT2D eigenvalue weighted by atomic mass is 16.5. The minimum atomic E-state index is -0.0946. The predicted molar refractivity (Wildman–Crippen MR) is 122 cm³/mol. The first-order valence-corrected chi connectivity index (χ1v) is 11.4. The normalized spacial score (nSPS) is 18.9. The van der Waals surface area contributed by atoms with E-state index in [0.717, 1.165) is 25.1 Å². The van der Waals surface area contributed by atoms with Crippen molar-refractivity contribution in [2.75, 3.05) is 26.7 Å². The summed E-state index contributed by atoms with van der Waals surface area (Å²) in [5.74, 6) is 1.29. The zero-order chi connectivity index (χ0) is 21.9. The minimum absolute atomic E-state index is 0.0946. The number of carbonyl (C=O) groups is 1. The molecule has 1 fully saturated rings. The summed E-state index contributed by atoms with van der Waals surface area (Å²) in [6, 6.07) is 18.5. The molecule has 0 bridgehead atoms. The molecule has 5 rings (SSSR count). The van der Waals surface area contributed by atoms with Crippen molar-refractivity contribution in [1.82, 2.24) is 15.0 Å². The molecular weight excluding hydrogens is 402 g/mol. The van der Waals surface area contributed by atoms with Gasteiger partial charge in [0.1, 0.15) is 12.4 Å². The van der Waals surface area contributed by atoms with Crippen LogP contribution in [-0.4, -0.2) is 47.5 Å². The van der Waals surface area contributed by atoms with Crippen LogP contribution < -0.4 is 4.74 Å². The maximum Gasteiger partial charge on any atom is 0.276 e. The number of amides is 1. The SMILES string of the molecule is CN1CCN(C(=O)c2cc(COc3ccc4c(c3)CCCC4)on2)CC1c1ccccc1. The van der Waals surface area contributed by atoms with Crippen molar-refractivity contribution in [1.29, 1.82) is 0 Å². The monoisotopic (exact) mass is 431 g/mol. The van der Waals surface area contributed by atoms with Crippen LogP contribution >= 0.6 is 0 Å². The van der Waals surface area contributed by atoms with Crippen LogP contribution in [0, 0.1) is 0 Å². The first kappa shape index (κ1) is 20.8. The van der Waals surface area contributed by atoms with Gasteiger partial charge in [-0.1, -0.05) is 41.6 Å². The van der Waals surface area contributed by atoms with Crippen LogP contribution in [-0.2, 0) is 19.4 Å². The highest BCUT2D eigenvalue weighted by molar-refractivity contribution is 5.92. The summed E-state index contributed by atoms with van der Waals surface area (Å²) in [5, 5.41) is 4.03. The van der Waals surface area contributed by atoms with Crippen LogP contribution in [0.5, 0.6) is 5.75 Å². The Hall–Kier alpha value is -3.12. The number of nitrogens with zero attached hydrogens (tertiary/aromatic N) is 3.